The Balaban J connectivity index is 2.23. The molecule has 4 aromatic rings. The minimum atomic E-state index is -0.429. The van der Waals surface area contributed by atoms with Crippen LogP contribution in [0.4, 0.5) is 0 Å². The van der Waals surface area contributed by atoms with E-state index in [0.717, 1.165) is 15.6 Å². The summed E-state index contributed by atoms with van der Waals surface area (Å²) in [6.07, 6.45) is 0. The lowest BCUT2D eigenvalue weighted by molar-refractivity contribution is 1.52. The summed E-state index contributed by atoms with van der Waals surface area (Å²) in [5.74, 6) is 0. The smallest absolute Gasteiger partial charge is 0.0641 e. The van der Waals surface area contributed by atoms with E-state index in [4.69, 9.17) is 9.60 Å². The molecule has 0 radical (unpaired) electrons. The van der Waals surface area contributed by atoms with E-state index in [1.165, 1.54) is 11.3 Å². The zero-order valence-electron chi connectivity index (χ0n) is 17.7. The maximum absolute atomic E-state index is 8.34. The zero-order valence-corrected chi connectivity index (χ0v) is 11.5. The van der Waals surface area contributed by atoms with Crippen LogP contribution in [0.15, 0.2) is 66.6 Å². The van der Waals surface area contributed by atoms with Crippen LogP contribution in [0.2, 0.25) is 0 Å². The highest BCUT2D eigenvalue weighted by atomic mass is 32.1. The molecule has 1 heteroatoms. The highest BCUT2D eigenvalue weighted by Gasteiger charge is 2.10. The van der Waals surface area contributed by atoms with Gasteiger partial charge in [-0.15, -0.1) is 11.3 Å². The molecule has 0 atom stereocenters. The minimum absolute atomic E-state index is 0.123. The van der Waals surface area contributed by atoms with Crippen molar-refractivity contribution in [2.24, 2.45) is 0 Å². The maximum Gasteiger partial charge on any atom is 0.0641 e. The highest BCUT2D eigenvalue weighted by Crippen LogP contribution is 2.39. The number of benzene rings is 3. The first-order valence-electron chi connectivity index (χ1n) is 9.73. The fraction of sp³-hybridized carbons (Fsp3) is 0.0526. The second-order valence-electron chi connectivity index (χ2n) is 4.58. The molecule has 0 unspecified atom stereocenters. The van der Waals surface area contributed by atoms with Gasteiger partial charge in [0.25, 0.3) is 0 Å². The molecule has 0 aliphatic carbocycles. The van der Waals surface area contributed by atoms with Crippen LogP contribution < -0.4 is 0 Å². The Morgan fingerprint density at radius 1 is 0.950 bits per heavy atom. The van der Waals surface area contributed by atoms with Crippen LogP contribution in [0, 0.1) is 6.92 Å². The van der Waals surface area contributed by atoms with Gasteiger partial charge in [-0.1, -0.05) is 54.5 Å². The predicted molar refractivity (Wildman–Crippen MR) is 89.5 cm³/mol. The van der Waals surface area contributed by atoms with Crippen LogP contribution >= 0.6 is 11.3 Å². The molecule has 0 saturated carbocycles. The van der Waals surface area contributed by atoms with E-state index < -0.39 is 6.04 Å². The van der Waals surface area contributed by atoms with Gasteiger partial charge in [0.1, 0.15) is 0 Å². The lowest BCUT2D eigenvalue weighted by atomic mass is 9.99. The third-order valence-electron chi connectivity index (χ3n) is 3.26. The number of thiophene rings is 1. The molecule has 3 aromatic carbocycles. The lowest BCUT2D eigenvalue weighted by Gasteiger charge is -2.04. The summed E-state index contributed by atoms with van der Waals surface area (Å²) in [6.45, 7) is 1.85. The molecule has 20 heavy (non-hydrogen) atoms. The molecule has 4 rings (SSSR count). The molecule has 0 aliphatic rings. The SMILES string of the molecule is [2H]c1c([2H])c([2H])c(-c2ccc([2H])c3sc4c([2H])c(C)ccc4c23)c([2H])c1[2H]. The molecule has 96 valence electrons. The van der Waals surface area contributed by atoms with Crippen molar-refractivity contribution in [2.45, 2.75) is 6.92 Å². The molecule has 1 heterocycles. The molecule has 0 N–H and O–H groups in total. The fourth-order valence-corrected chi connectivity index (χ4v) is 3.52. The molecule has 0 fully saturated rings. The molecule has 0 nitrogen and oxygen atoms in total. The van der Waals surface area contributed by atoms with E-state index in [1.807, 2.05) is 19.1 Å². The van der Waals surface area contributed by atoms with Gasteiger partial charge in [-0.05, 0) is 35.7 Å². The Kier molecular flexibility index (Phi) is 1.46. The summed E-state index contributed by atoms with van der Waals surface area (Å²) in [5.41, 5.74) is 1.44. The summed E-state index contributed by atoms with van der Waals surface area (Å²) < 4.78 is 58.3. The van der Waals surface area contributed by atoms with Gasteiger partial charge in [0, 0.05) is 20.2 Å². The number of hydrogen-bond donors (Lipinski definition) is 0. The van der Waals surface area contributed by atoms with Gasteiger partial charge in [-0.2, -0.15) is 0 Å². The van der Waals surface area contributed by atoms with Crippen LogP contribution in [0.3, 0.4) is 0 Å². The quantitative estimate of drug-likeness (QED) is 0.399. The maximum atomic E-state index is 8.34. The first-order chi connectivity index (χ1) is 12.7. The Bertz CT molecular complexity index is 1230. The summed E-state index contributed by atoms with van der Waals surface area (Å²) in [7, 11) is 0. The average molecular weight is 281 g/mol. The van der Waals surface area contributed by atoms with Gasteiger partial charge >= 0.3 is 0 Å². The predicted octanol–water partition coefficient (Wildman–Crippen LogP) is 6.03. The van der Waals surface area contributed by atoms with Gasteiger partial charge in [-0.3, -0.25) is 0 Å². The lowest BCUT2D eigenvalue weighted by Crippen LogP contribution is -1.78. The second-order valence-corrected chi connectivity index (χ2v) is 5.60. The van der Waals surface area contributed by atoms with Crippen LogP contribution in [0.5, 0.6) is 0 Å². The summed E-state index contributed by atoms with van der Waals surface area (Å²) >= 11 is 1.33. The van der Waals surface area contributed by atoms with Gasteiger partial charge in [0.2, 0.25) is 0 Å². The van der Waals surface area contributed by atoms with Gasteiger partial charge < -0.3 is 0 Å². The fourth-order valence-electron chi connectivity index (χ4n) is 2.37. The average Bonchev–Trinajstić information content (AvgIpc) is 3.05. The molecular formula is C19H14S. The van der Waals surface area contributed by atoms with Crippen molar-refractivity contribution in [1.82, 2.24) is 0 Å². The normalized spacial score (nSPS) is 16.1. The van der Waals surface area contributed by atoms with E-state index in [0.29, 0.717) is 27.7 Å². The van der Waals surface area contributed by atoms with E-state index >= 15 is 0 Å². The summed E-state index contributed by atoms with van der Waals surface area (Å²) in [5, 5.41) is 1.43. The molecule has 0 aliphatic heterocycles. The largest absolute Gasteiger partial charge is 0.135 e. The number of aryl methyl sites for hydroxylation is 1. The Hall–Kier alpha value is -2.12. The molecule has 0 spiro atoms. The van der Waals surface area contributed by atoms with Crippen molar-refractivity contribution in [2.75, 3.05) is 0 Å². The molecular weight excluding hydrogens is 260 g/mol. The van der Waals surface area contributed by atoms with Gasteiger partial charge in [0.15, 0.2) is 0 Å². The molecule has 0 saturated heterocycles. The topological polar surface area (TPSA) is 0 Å². The van der Waals surface area contributed by atoms with Gasteiger partial charge in [-0.25, -0.2) is 0 Å². The standard InChI is InChI=1S/C19H14S/c1-13-10-11-16-18(12-13)20-17-9-5-8-15(19(16)17)14-6-3-2-4-7-14/h2-12H,1H3/i2D,3D,4D,6D,7D,9D,12D. The zero-order chi connectivity index (χ0) is 19.6. The van der Waals surface area contributed by atoms with Crippen LogP contribution in [-0.4, -0.2) is 0 Å². The van der Waals surface area contributed by atoms with E-state index in [9.17, 15) is 0 Å². The molecule has 1 aromatic heterocycles. The first-order valence-corrected chi connectivity index (χ1v) is 7.05. The second kappa shape index (κ2) is 4.46. The van der Waals surface area contributed by atoms with Crippen LogP contribution in [-0.2, 0) is 0 Å². The summed E-state index contributed by atoms with van der Waals surface area (Å²) in [4.78, 5) is 0. The Morgan fingerprint density at radius 2 is 1.80 bits per heavy atom. The molecule has 0 amide bonds. The number of fused-ring (bicyclic) bond motifs is 3. The van der Waals surface area contributed by atoms with E-state index in [2.05, 4.69) is 0 Å². The minimum Gasteiger partial charge on any atom is -0.135 e. The van der Waals surface area contributed by atoms with Crippen molar-refractivity contribution >= 4 is 31.5 Å². The highest BCUT2D eigenvalue weighted by molar-refractivity contribution is 7.25. The summed E-state index contributed by atoms with van der Waals surface area (Å²) in [6, 6.07) is 5.87. The first kappa shape index (κ1) is 6.55. The van der Waals surface area contributed by atoms with Crippen molar-refractivity contribution in [1.29, 1.82) is 0 Å². The van der Waals surface area contributed by atoms with Crippen molar-refractivity contribution in [3.05, 3.63) is 72.1 Å². The van der Waals surface area contributed by atoms with E-state index in [-0.39, 0.29) is 29.7 Å². The van der Waals surface area contributed by atoms with Crippen LogP contribution in [0.25, 0.3) is 31.3 Å². The molecule has 0 bridgehead atoms. The van der Waals surface area contributed by atoms with E-state index in [1.54, 1.807) is 12.1 Å². The van der Waals surface area contributed by atoms with Crippen molar-refractivity contribution in [3.8, 4) is 11.1 Å². The van der Waals surface area contributed by atoms with Crippen molar-refractivity contribution in [3.63, 3.8) is 0 Å². The number of rotatable bonds is 1. The monoisotopic (exact) mass is 281 g/mol. The van der Waals surface area contributed by atoms with Crippen molar-refractivity contribution < 1.29 is 9.60 Å². The Labute approximate surface area is 132 Å². The third kappa shape index (κ3) is 1.75. The van der Waals surface area contributed by atoms with Crippen LogP contribution in [0.1, 0.15) is 15.2 Å². The Morgan fingerprint density at radius 3 is 2.65 bits per heavy atom. The third-order valence-corrected chi connectivity index (χ3v) is 4.31. The van der Waals surface area contributed by atoms with Gasteiger partial charge in [0.05, 0.1) is 9.60 Å². The number of hydrogen-bond acceptors (Lipinski definition) is 1.